The van der Waals surface area contributed by atoms with Gasteiger partial charge in [0.1, 0.15) is 5.94 Å². The Bertz CT molecular complexity index is 918. The van der Waals surface area contributed by atoms with Crippen LogP contribution in [0, 0.1) is 0 Å². The number of carbonyl (C=O) groups is 1. The molecule has 0 fully saturated rings. The van der Waals surface area contributed by atoms with Crippen molar-refractivity contribution in [1.82, 2.24) is 0 Å². The van der Waals surface area contributed by atoms with Gasteiger partial charge in [0.25, 0.3) is 0 Å². The summed E-state index contributed by atoms with van der Waals surface area (Å²) in [5.41, 5.74) is 1.14. The third kappa shape index (κ3) is 2.62. The fourth-order valence-corrected chi connectivity index (χ4v) is 2.69. The van der Waals surface area contributed by atoms with Crippen molar-refractivity contribution in [2.24, 2.45) is 0 Å². The number of benzene rings is 3. The van der Waals surface area contributed by atoms with Crippen molar-refractivity contribution in [3.8, 4) is 0 Å². The quantitative estimate of drug-likeness (QED) is 0.582. The van der Waals surface area contributed by atoms with Gasteiger partial charge in [-0.25, -0.2) is 4.79 Å². The molecule has 0 heterocycles. The number of carbonyl (C=O) groups excluding carboxylic acids is 1. The van der Waals surface area contributed by atoms with E-state index in [0.717, 1.165) is 21.7 Å². The van der Waals surface area contributed by atoms with Crippen molar-refractivity contribution >= 4 is 39.0 Å². The Morgan fingerprint density at radius 3 is 2.41 bits per heavy atom. The zero-order valence-corrected chi connectivity index (χ0v) is 11.9. The summed E-state index contributed by atoms with van der Waals surface area (Å²) in [7, 11) is 0. The first-order valence-electron chi connectivity index (χ1n) is 7.07. The number of hydrogen-bond acceptors (Lipinski definition) is 2. The lowest BCUT2D eigenvalue weighted by Crippen LogP contribution is -1.96. The molecule has 0 bridgehead atoms. The average molecular weight is 290 g/mol. The highest BCUT2D eigenvalue weighted by molar-refractivity contribution is 6.08. The normalized spacial score (nSPS) is 10.5. The van der Waals surface area contributed by atoms with Gasteiger partial charge in [-0.15, -0.1) is 0 Å². The molecule has 0 aromatic heterocycles. The molecule has 0 aliphatic carbocycles. The summed E-state index contributed by atoms with van der Waals surface area (Å²) >= 11 is 0. The van der Waals surface area contributed by atoms with Crippen LogP contribution in [-0.2, 0) is 9.59 Å². The highest BCUT2D eigenvalue weighted by atomic mass is 16.4. The maximum Gasteiger partial charge on any atom is 0.303 e. The molecule has 0 unspecified atom stereocenters. The van der Waals surface area contributed by atoms with Crippen LogP contribution in [0.25, 0.3) is 27.1 Å². The second-order valence-corrected chi connectivity index (χ2v) is 5.20. The van der Waals surface area contributed by atoms with Gasteiger partial charge in [-0.3, -0.25) is 4.79 Å². The lowest BCUT2D eigenvalue weighted by Gasteiger charge is -2.07. The van der Waals surface area contributed by atoms with Crippen LogP contribution in [0.4, 0.5) is 0 Å². The SMILES string of the molecule is O=C=C(CCC(=O)O)c1ccc2c(ccc3ccccc32)c1. The fraction of sp³-hybridized carbons (Fsp3) is 0.105. The molecule has 0 saturated heterocycles. The highest BCUT2D eigenvalue weighted by Crippen LogP contribution is 2.28. The molecule has 3 rings (SSSR count). The van der Waals surface area contributed by atoms with Gasteiger partial charge in [-0.05, 0) is 39.6 Å². The standard InChI is InChI=1S/C19H14O3/c20-12-16(8-10-19(21)22)14-7-9-18-15(11-14)6-5-13-3-1-2-4-17(13)18/h1-7,9,11H,8,10H2,(H,21,22). The van der Waals surface area contributed by atoms with E-state index < -0.39 is 5.97 Å². The average Bonchev–Trinajstić information content (AvgIpc) is 2.55. The van der Waals surface area contributed by atoms with E-state index in [-0.39, 0.29) is 12.8 Å². The van der Waals surface area contributed by atoms with Gasteiger partial charge in [-0.2, -0.15) is 0 Å². The van der Waals surface area contributed by atoms with Gasteiger partial charge in [0, 0.05) is 5.57 Å². The summed E-state index contributed by atoms with van der Waals surface area (Å²) in [6.07, 6.45) is 0.123. The number of aliphatic carboxylic acids is 1. The molecule has 0 spiro atoms. The topological polar surface area (TPSA) is 54.4 Å². The maximum absolute atomic E-state index is 11.1. The van der Waals surface area contributed by atoms with Crippen LogP contribution in [-0.4, -0.2) is 17.0 Å². The van der Waals surface area contributed by atoms with Crippen molar-refractivity contribution < 1.29 is 14.7 Å². The molecule has 0 amide bonds. The van der Waals surface area contributed by atoms with Crippen LogP contribution in [0.2, 0.25) is 0 Å². The lowest BCUT2D eigenvalue weighted by atomic mass is 9.96. The number of rotatable bonds is 4. The Morgan fingerprint density at radius 2 is 1.64 bits per heavy atom. The summed E-state index contributed by atoms with van der Waals surface area (Å²) in [6, 6.07) is 17.9. The third-order valence-electron chi connectivity index (χ3n) is 3.81. The van der Waals surface area contributed by atoms with Crippen LogP contribution in [0.15, 0.2) is 54.6 Å². The highest BCUT2D eigenvalue weighted by Gasteiger charge is 2.08. The first-order valence-corrected chi connectivity index (χ1v) is 7.07. The smallest absolute Gasteiger partial charge is 0.303 e. The molecule has 0 aliphatic heterocycles. The number of hydrogen-bond donors (Lipinski definition) is 1. The van der Waals surface area contributed by atoms with Crippen LogP contribution in [0.5, 0.6) is 0 Å². The molecule has 0 radical (unpaired) electrons. The predicted octanol–water partition coefficient (Wildman–Crippen LogP) is 4.07. The van der Waals surface area contributed by atoms with E-state index in [1.165, 1.54) is 5.39 Å². The predicted molar refractivity (Wildman–Crippen MR) is 87.4 cm³/mol. The Labute approximate surface area is 127 Å². The molecule has 3 nitrogen and oxygen atoms in total. The number of fused-ring (bicyclic) bond motifs is 3. The van der Waals surface area contributed by atoms with Gasteiger partial charge >= 0.3 is 5.97 Å². The summed E-state index contributed by atoms with van der Waals surface area (Å²) in [6.45, 7) is 0. The molecule has 0 saturated carbocycles. The Balaban J connectivity index is 2.08. The van der Waals surface area contributed by atoms with Gasteiger partial charge in [-0.1, -0.05) is 48.5 Å². The molecular weight excluding hydrogens is 276 g/mol. The second-order valence-electron chi connectivity index (χ2n) is 5.20. The van der Waals surface area contributed by atoms with Gasteiger partial charge in [0.15, 0.2) is 0 Å². The molecule has 22 heavy (non-hydrogen) atoms. The van der Waals surface area contributed by atoms with Crippen LogP contribution in [0.1, 0.15) is 18.4 Å². The summed E-state index contributed by atoms with van der Waals surface area (Å²) in [5, 5.41) is 13.2. The Kier molecular flexibility index (Phi) is 3.73. The van der Waals surface area contributed by atoms with Crippen LogP contribution >= 0.6 is 0 Å². The molecule has 3 heteroatoms. The largest absolute Gasteiger partial charge is 0.481 e. The Morgan fingerprint density at radius 1 is 0.909 bits per heavy atom. The molecule has 3 aromatic carbocycles. The van der Waals surface area contributed by atoms with Crippen molar-refractivity contribution in [1.29, 1.82) is 0 Å². The monoisotopic (exact) mass is 290 g/mol. The summed E-state index contributed by atoms with van der Waals surface area (Å²) in [5.74, 6) is 0.962. The number of carboxylic acids is 1. The molecular formula is C19H14O3. The van der Waals surface area contributed by atoms with E-state index in [4.69, 9.17) is 5.11 Å². The summed E-state index contributed by atoms with van der Waals surface area (Å²) < 4.78 is 0. The Hall–Kier alpha value is -2.90. The zero-order valence-electron chi connectivity index (χ0n) is 11.9. The number of carboxylic acid groups (broad SMARTS) is 1. The van der Waals surface area contributed by atoms with E-state index in [1.54, 1.807) is 0 Å². The van der Waals surface area contributed by atoms with Crippen LogP contribution < -0.4 is 0 Å². The minimum atomic E-state index is -0.917. The van der Waals surface area contributed by atoms with Crippen molar-refractivity contribution in [3.05, 3.63) is 60.2 Å². The van der Waals surface area contributed by atoms with Crippen molar-refractivity contribution in [2.45, 2.75) is 12.8 Å². The minimum Gasteiger partial charge on any atom is -0.481 e. The molecule has 108 valence electrons. The van der Waals surface area contributed by atoms with Crippen molar-refractivity contribution in [2.75, 3.05) is 0 Å². The minimum absolute atomic E-state index is 0.0691. The number of allylic oxidation sites excluding steroid dienone is 1. The van der Waals surface area contributed by atoms with E-state index in [1.807, 2.05) is 48.4 Å². The first-order chi connectivity index (χ1) is 10.7. The first kappa shape index (κ1) is 14.1. The molecule has 0 aliphatic rings. The van der Waals surface area contributed by atoms with Gasteiger partial charge < -0.3 is 5.11 Å². The van der Waals surface area contributed by atoms with Gasteiger partial charge in [0.2, 0.25) is 0 Å². The van der Waals surface area contributed by atoms with Crippen molar-refractivity contribution in [3.63, 3.8) is 0 Å². The van der Waals surface area contributed by atoms with Gasteiger partial charge in [0.05, 0.1) is 6.42 Å². The third-order valence-corrected chi connectivity index (χ3v) is 3.81. The van der Waals surface area contributed by atoms with E-state index in [9.17, 15) is 9.59 Å². The van der Waals surface area contributed by atoms with Crippen LogP contribution in [0.3, 0.4) is 0 Å². The maximum atomic E-state index is 11.1. The second kappa shape index (κ2) is 5.84. The zero-order chi connectivity index (χ0) is 15.5. The lowest BCUT2D eigenvalue weighted by molar-refractivity contribution is -0.136. The molecule has 1 N–H and O–H groups in total. The molecule has 0 atom stereocenters. The van der Waals surface area contributed by atoms with E-state index in [0.29, 0.717) is 5.57 Å². The van der Waals surface area contributed by atoms with E-state index in [2.05, 4.69) is 12.1 Å². The fourth-order valence-electron chi connectivity index (χ4n) is 2.69. The summed E-state index contributed by atoms with van der Waals surface area (Å²) in [4.78, 5) is 21.8. The van der Waals surface area contributed by atoms with E-state index >= 15 is 0 Å². The molecule has 3 aromatic rings.